The van der Waals surface area contributed by atoms with E-state index in [0.717, 1.165) is 10.9 Å². The number of nitrogens with one attached hydrogen (secondary N) is 1. The van der Waals surface area contributed by atoms with Crippen LogP contribution in [0.5, 0.6) is 0 Å². The van der Waals surface area contributed by atoms with Gasteiger partial charge in [-0.2, -0.15) is 0 Å². The molecule has 2 heteroatoms. The molecule has 2 nitrogen and oxygen atoms in total. The lowest BCUT2D eigenvalue weighted by molar-refractivity contribution is 0.868. The Morgan fingerprint density at radius 2 is 1.93 bits per heavy atom. The fourth-order valence-corrected chi connectivity index (χ4v) is 1.53. The third-order valence-electron chi connectivity index (χ3n) is 2.41. The Kier molecular flexibility index (Phi) is 2.12. The minimum Gasteiger partial charge on any atom is -0.322 e. The van der Waals surface area contributed by atoms with Crippen LogP contribution in [0.3, 0.4) is 0 Å². The Labute approximate surface area is 82.6 Å². The minimum absolute atomic E-state index is 0.0465. The number of H-pyrrole nitrogens is 1. The SMILES string of the molecule is CC(C)c1ccc2[nH]c(=O)ccc2c1. The highest BCUT2D eigenvalue weighted by Crippen LogP contribution is 2.18. The van der Waals surface area contributed by atoms with Crippen molar-refractivity contribution >= 4 is 10.9 Å². The van der Waals surface area contributed by atoms with E-state index in [2.05, 4.69) is 31.0 Å². The molecule has 1 aromatic heterocycles. The van der Waals surface area contributed by atoms with E-state index >= 15 is 0 Å². The lowest BCUT2D eigenvalue weighted by atomic mass is 10.0. The number of aromatic nitrogens is 1. The molecule has 2 rings (SSSR count). The molecular formula is C12H13NO. The van der Waals surface area contributed by atoms with Crippen molar-refractivity contribution in [2.45, 2.75) is 19.8 Å². The van der Waals surface area contributed by atoms with Crippen molar-refractivity contribution in [1.29, 1.82) is 0 Å². The van der Waals surface area contributed by atoms with Crippen LogP contribution in [0.4, 0.5) is 0 Å². The summed E-state index contributed by atoms with van der Waals surface area (Å²) in [5.41, 5.74) is 2.15. The van der Waals surface area contributed by atoms with Crippen molar-refractivity contribution in [2.75, 3.05) is 0 Å². The van der Waals surface area contributed by atoms with E-state index in [-0.39, 0.29) is 5.56 Å². The van der Waals surface area contributed by atoms with Gasteiger partial charge in [0.1, 0.15) is 0 Å². The third kappa shape index (κ3) is 1.55. The van der Waals surface area contributed by atoms with Gasteiger partial charge in [0.25, 0.3) is 0 Å². The van der Waals surface area contributed by atoms with Gasteiger partial charge in [0.05, 0.1) is 0 Å². The van der Waals surface area contributed by atoms with E-state index in [4.69, 9.17) is 0 Å². The Balaban J connectivity index is 2.67. The quantitative estimate of drug-likeness (QED) is 0.731. The van der Waals surface area contributed by atoms with Crippen molar-refractivity contribution in [3.05, 3.63) is 46.2 Å². The molecule has 0 amide bonds. The van der Waals surface area contributed by atoms with Gasteiger partial charge in [0.15, 0.2) is 0 Å². The normalized spacial score (nSPS) is 11.1. The summed E-state index contributed by atoms with van der Waals surface area (Å²) >= 11 is 0. The molecule has 14 heavy (non-hydrogen) atoms. The lowest BCUT2D eigenvalue weighted by Crippen LogP contribution is -2.02. The number of aromatic amines is 1. The molecule has 0 radical (unpaired) electrons. The van der Waals surface area contributed by atoms with Crippen LogP contribution in [0.2, 0.25) is 0 Å². The zero-order chi connectivity index (χ0) is 10.1. The van der Waals surface area contributed by atoms with Gasteiger partial charge in [-0.15, -0.1) is 0 Å². The van der Waals surface area contributed by atoms with Crippen molar-refractivity contribution in [3.8, 4) is 0 Å². The first kappa shape index (κ1) is 9.00. The number of hydrogen-bond acceptors (Lipinski definition) is 1. The zero-order valence-corrected chi connectivity index (χ0v) is 8.37. The molecule has 2 aromatic rings. The molecule has 0 atom stereocenters. The van der Waals surface area contributed by atoms with Gasteiger partial charge in [-0.25, -0.2) is 0 Å². The molecular weight excluding hydrogens is 174 g/mol. The van der Waals surface area contributed by atoms with E-state index in [1.807, 2.05) is 12.1 Å². The monoisotopic (exact) mass is 187 g/mol. The van der Waals surface area contributed by atoms with Gasteiger partial charge in [0.2, 0.25) is 5.56 Å². The smallest absolute Gasteiger partial charge is 0.248 e. The number of hydrogen-bond donors (Lipinski definition) is 1. The molecule has 0 aliphatic carbocycles. The molecule has 0 aliphatic rings. The van der Waals surface area contributed by atoms with Crippen LogP contribution < -0.4 is 5.56 Å². The van der Waals surface area contributed by atoms with Crippen LogP contribution in [0.25, 0.3) is 10.9 Å². The zero-order valence-electron chi connectivity index (χ0n) is 8.37. The van der Waals surface area contributed by atoms with Gasteiger partial charge >= 0.3 is 0 Å². The number of benzene rings is 1. The van der Waals surface area contributed by atoms with Gasteiger partial charge in [0, 0.05) is 11.6 Å². The molecule has 1 heterocycles. The summed E-state index contributed by atoms with van der Waals surface area (Å²) < 4.78 is 0. The second-order valence-electron chi connectivity index (χ2n) is 3.82. The van der Waals surface area contributed by atoms with E-state index in [0.29, 0.717) is 5.92 Å². The van der Waals surface area contributed by atoms with E-state index in [1.165, 1.54) is 5.56 Å². The van der Waals surface area contributed by atoms with Gasteiger partial charge in [-0.3, -0.25) is 4.79 Å². The van der Waals surface area contributed by atoms with E-state index < -0.39 is 0 Å². The van der Waals surface area contributed by atoms with Gasteiger partial charge < -0.3 is 4.98 Å². The molecule has 0 aliphatic heterocycles. The largest absolute Gasteiger partial charge is 0.322 e. The third-order valence-corrected chi connectivity index (χ3v) is 2.41. The summed E-state index contributed by atoms with van der Waals surface area (Å²) in [6.07, 6.45) is 0. The van der Waals surface area contributed by atoms with E-state index in [9.17, 15) is 4.79 Å². The first-order chi connectivity index (χ1) is 6.66. The van der Waals surface area contributed by atoms with Crippen LogP contribution in [0, 0.1) is 0 Å². The lowest BCUT2D eigenvalue weighted by Gasteiger charge is -2.06. The first-order valence-electron chi connectivity index (χ1n) is 4.80. The molecule has 72 valence electrons. The molecule has 1 N–H and O–H groups in total. The summed E-state index contributed by atoms with van der Waals surface area (Å²) in [4.78, 5) is 13.8. The summed E-state index contributed by atoms with van der Waals surface area (Å²) in [5.74, 6) is 0.520. The Morgan fingerprint density at radius 1 is 1.14 bits per heavy atom. The standard InChI is InChI=1S/C12H13NO/c1-8(2)9-3-5-11-10(7-9)4-6-12(14)13-11/h3-8H,1-2H3,(H,13,14). The summed E-state index contributed by atoms with van der Waals surface area (Å²) in [6, 6.07) is 9.57. The Morgan fingerprint density at radius 3 is 2.64 bits per heavy atom. The number of pyridine rings is 1. The van der Waals surface area contributed by atoms with Gasteiger partial charge in [-0.1, -0.05) is 19.9 Å². The first-order valence-corrected chi connectivity index (χ1v) is 4.80. The molecule has 0 spiro atoms. The van der Waals surface area contributed by atoms with Crippen LogP contribution in [-0.2, 0) is 0 Å². The number of rotatable bonds is 1. The Hall–Kier alpha value is -1.57. The predicted molar refractivity (Wildman–Crippen MR) is 58.7 cm³/mol. The molecule has 0 saturated carbocycles. The fourth-order valence-electron chi connectivity index (χ4n) is 1.53. The average molecular weight is 187 g/mol. The maximum atomic E-state index is 11.0. The second-order valence-corrected chi connectivity index (χ2v) is 3.82. The number of fused-ring (bicyclic) bond motifs is 1. The molecule has 0 unspecified atom stereocenters. The van der Waals surface area contributed by atoms with Crippen molar-refractivity contribution in [3.63, 3.8) is 0 Å². The van der Waals surface area contributed by atoms with Crippen molar-refractivity contribution < 1.29 is 0 Å². The highest BCUT2D eigenvalue weighted by molar-refractivity contribution is 5.79. The minimum atomic E-state index is -0.0465. The van der Waals surface area contributed by atoms with Crippen LogP contribution >= 0.6 is 0 Å². The predicted octanol–water partition coefficient (Wildman–Crippen LogP) is 2.65. The summed E-state index contributed by atoms with van der Waals surface area (Å²) in [5, 5.41) is 1.09. The van der Waals surface area contributed by atoms with Crippen LogP contribution in [0.1, 0.15) is 25.3 Å². The average Bonchev–Trinajstić information content (AvgIpc) is 2.16. The summed E-state index contributed by atoms with van der Waals surface area (Å²) in [6.45, 7) is 4.32. The Bertz CT molecular complexity index is 511. The van der Waals surface area contributed by atoms with Crippen LogP contribution in [-0.4, -0.2) is 4.98 Å². The van der Waals surface area contributed by atoms with E-state index in [1.54, 1.807) is 6.07 Å². The fraction of sp³-hybridized carbons (Fsp3) is 0.250. The van der Waals surface area contributed by atoms with Crippen molar-refractivity contribution in [2.24, 2.45) is 0 Å². The highest BCUT2D eigenvalue weighted by atomic mass is 16.1. The molecule has 1 aromatic carbocycles. The molecule has 0 fully saturated rings. The van der Waals surface area contributed by atoms with Gasteiger partial charge in [-0.05, 0) is 35.1 Å². The second kappa shape index (κ2) is 3.29. The maximum Gasteiger partial charge on any atom is 0.248 e. The maximum absolute atomic E-state index is 11.0. The van der Waals surface area contributed by atoms with Crippen molar-refractivity contribution in [1.82, 2.24) is 4.98 Å². The highest BCUT2D eigenvalue weighted by Gasteiger charge is 2.00. The molecule has 0 bridgehead atoms. The van der Waals surface area contributed by atoms with Crippen LogP contribution in [0.15, 0.2) is 35.1 Å². The summed E-state index contributed by atoms with van der Waals surface area (Å²) in [7, 11) is 0. The topological polar surface area (TPSA) is 32.9 Å². The molecule has 0 saturated heterocycles.